The molecule has 0 amide bonds. The molecule has 4 heterocycles. The van der Waals surface area contributed by atoms with Gasteiger partial charge in [0.1, 0.15) is 11.2 Å². The first-order valence-corrected chi connectivity index (χ1v) is 9.60. The second-order valence-electron chi connectivity index (χ2n) is 7.75. The Hall–Kier alpha value is -2.91. The third-order valence-corrected chi connectivity index (χ3v) is 6.20. The Balaban J connectivity index is 1.48. The molecule has 2 atom stereocenters. The van der Waals surface area contributed by atoms with Gasteiger partial charge in [0.15, 0.2) is 0 Å². The topological polar surface area (TPSA) is 29.3 Å². The van der Waals surface area contributed by atoms with Crippen LogP contribution < -0.4 is 0 Å². The molecule has 1 saturated heterocycles. The highest BCUT2D eigenvalue weighted by atomic mass is 16.3. The highest BCUT2D eigenvalue weighted by molar-refractivity contribution is 6.11. The first-order valence-electron chi connectivity index (χ1n) is 9.60. The number of hydrogen-bond acceptors (Lipinski definition) is 3. The molecule has 2 bridgehead atoms. The molecule has 2 unspecified atom stereocenters. The summed E-state index contributed by atoms with van der Waals surface area (Å²) in [5, 5.41) is 2.30. The predicted molar refractivity (Wildman–Crippen MR) is 109 cm³/mol. The second kappa shape index (κ2) is 5.54. The Morgan fingerprint density at radius 3 is 2.81 bits per heavy atom. The van der Waals surface area contributed by atoms with Crippen LogP contribution in [0.4, 0.5) is 0 Å². The molecule has 27 heavy (non-hydrogen) atoms. The van der Waals surface area contributed by atoms with Crippen LogP contribution in [0.25, 0.3) is 33.2 Å². The summed E-state index contributed by atoms with van der Waals surface area (Å²) >= 11 is 0. The Labute approximate surface area is 157 Å². The largest absolute Gasteiger partial charge is 0.456 e. The third kappa shape index (κ3) is 2.22. The predicted octanol–water partition coefficient (Wildman–Crippen LogP) is 5.16. The van der Waals surface area contributed by atoms with E-state index in [1.807, 2.05) is 24.3 Å². The Kier molecular flexibility index (Phi) is 3.12. The lowest BCUT2D eigenvalue weighted by atomic mass is 9.79. The maximum Gasteiger partial charge on any atom is 0.136 e. The number of pyridine rings is 1. The molecule has 3 heteroatoms. The van der Waals surface area contributed by atoms with E-state index in [4.69, 9.17) is 9.40 Å². The maximum atomic E-state index is 6.03. The van der Waals surface area contributed by atoms with Crippen molar-refractivity contribution < 1.29 is 4.42 Å². The molecule has 0 saturated carbocycles. The molecule has 4 aromatic rings. The van der Waals surface area contributed by atoms with Crippen LogP contribution in [-0.2, 0) is 5.41 Å². The van der Waals surface area contributed by atoms with Crippen LogP contribution in [0.15, 0.2) is 77.4 Å². The quantitative estimate of drug-likeness (QED) is 0.467. The van der Waals surface area contributed by atoms with E-state index >= 15 is 0 Å². The summed E-state index contributed by atoms with van der Waals surface area (Å²) in [6, 6.07) is 18.9. The van der Waals surface area contributed by atoms with Crippen molar-refractivity contribution >= 4 is 21.9 Å². The van der Waals surface area contributed by atoms with Crippen molar-refractivity contribution in [3.8, 4) is 11.3 Å². The molecule has 2 aromatic carbocycles. The minimum Gasteiger partial charge on any atom is -0.456 e. The van der Waals surface area contributed by atoms with E-state index in [-0.39, 0.29) is 5.41 Å². The minimum absolute atomic E-state index is 0.151. The van der Waals surface area contributed by atoms with Crippen molar-refractivity contribution in [3.63, 3.8) is 0 Å². The molecule has 2 aliphatic heterocycles. The molecule has 0 aliphatic carbocycles. The lowest BCUT2D eigenvalue weighted by Gasteiger charge is -2.29. The Morgan fingerprint density at radius 2 is 1.89 bits per heavy atom. The average Bonchev–Trinajstić information content (AvgIpc) is 3.25. The SMILES string of the molecule is C1=CC2(c3ccc(-c4cccc5oc6ccccc6c45)nc3)CCN(C1)C2. The van der Waals surface area contributed by atoms with Crippen LogP contribution in [0, 0.1) is 0 Å². The van der Waals surface area contributed by atoms with E-state index in [9.17, 15) is 0 Å². The summed E-state index contributed by atoms with van der Waals surface area (Å²) < 4.78 is 6.03. The molecule has 0 N–H and O–H groups in total. The van der Waals surface area contributed by atoms with Gasteiger partial charge in [-0.3, -0.25) is 9.88 Å². The van der Waals surface area contributed by atoms with Gasteiger partial charge in [0.2, 0.25) is 0 Å². The van der Waals surface area contributed by atoms with Gasteiger partial charge >= 0.3 is 0 Å². The molecule has 2 aromatic heterocycles. The molecule has 0 spiro atoms. The second-order valence-corrected chi connectivity index (χ2v) is 7.75. The number of furan rings is 1. The van der Waals surface area contributed by atoms with Gasteiger partial charge in [-0.05, 0) is 36.7 Å². The first kappa shape index (κ1) is 15.2. The van der Waals surface area contributed by atoms with Crippen LogP contribution in [0.5, 0.6) is 0 Å². The van der Waals surface area contributed by atoms with Gasteiger partial charge in [-0.2, -0.15) is 0 Å². The van der Waals surface area contributed by atoms with E-state index in [2.05, 4.69) is 53.6 Å². The van der Waals surface area contributed by atoms with Gasteiger partial charge in [0, 0.05) is 41.0 Å². The van der Waals surface area contributed by atoms with Crippen LogP contribution in [0.1, 0.15) is 12.0 Å². The van der Waals surface area contributed by atoms with Gasteiger partial charge in [0.05, 0.1) is 5.69 Å². The zero-order chi connectivity index (χ0) is 17.8. The molecule has 132 valence electrons. The molecule has 2 aliphatic rings. The number of fused-ring (bicyclic) bond motifs is 5. The standard InChI is InChI=1S/C24H20N2O/c1-2-7-21-19(5-1)23-18(6-3-8-22(23)27-21)20-10-9-17(15-25-20)24-11-4-13-26(16-24)14-12-24/h1-11,15H,12-14,16H2. The zero-order valence-electron chi connectivity index (χ0n) is 15.1. The smallest absolute Gasteiger partial charge is 0.136 e. The van der Waals surface area contributed by atoms with Crippen LogP contribution >= 0.6 is 0 Å². The molecular formula is C24H20N2O. The summed E-state index contributed by atoms with van der Waals surface area (Å²) in [5.41, 5.74) is 5.45. The fraction of sp³-hybridized carbons (Fsp3) is 0.208. The van der Waals surface area contributed by atoms with Gasteiger partial charge in [-0.1, -0.05) is 48.6 Å². The molecular weight excluding hydrogens is 332 g/mol. The van der Waals surface area contributed by atoms with E-state index in [1.165, 1.54) is 18.5 Å². The van der Waals surface area contributed by atoms with Crippen molar-refractivity contribution in [3.05, 3.63) is 78.5 Å². The van der Waals surface area contributed by atoms with Crippen LogP contribution in [0.2, 0.25) is 0 Å². The van der Waals surface area contributed by atoms with Gasteiger partial charge in [0.25, 0.3) is 0 Å². The summed E-state index contributed by atoms with van der Waals surface area (Å²) in [6.45, 7) is 3.38. The number of rotatable bonds is 2. The lowest BCUT2D eigenvalue weighted by molar-refractivity contribution is 0.345. The third-order valence-electron chi connectivity index (χ3n) is 6.20. The summed E-state index contributed by atoms with van der Waals surface area (Å²) in [7, 11) is 0. The number of aromatic nitrogens is 1. The fourth-order valence-corrected chi connectivity index (χ4v) is 4.80. The highest BCUT2D eigenvalue weighted by Gasteiger charge is 2.39. The van der Waals surface area contributed by atoms with Crippen molar-refractivity contribution in [1.29, 1.82) is 0 Å². The first-order chi connectivity index (χ1) is 13.3. The van der Waals surface area contributed by atoms with Crippen molar-refractivity contribution in [2.45, 2.75) is 11.8 Å². The molecule has 3 nitrogen and oxygen atoms in total. The zero-order valence-corrected chi connectivity index (χ0v) is 15.1. The lowest BCUT2D eigenvalue weighted by Crippen LogP contribution is -2.33. The van der Waals surface area contributed by atoms with E-state index in [1.54, 1.807) is 0 Å². The normalized spacial score (nSPS) is 24.1. The molecule has 1 fully saturated rings. The number of para-hydroxylation sites is 1. The number of benzene rings is 2. The summed E-state index contributed by atoms with van der Waals surface area (Å²) in [5.74, 6) is 0. The Bertz CT molecular complexity index is 1190. The van der Waals surface area contributed by atoms with Gasteiger partial charge in [-0.15, -0.1) is 0 Å². The monoisotopic (exact) mass is 352 g/mol. The van der Waals surface area contributed by atoms with E-state index < -0.39 is 0 Å². The van der Waals surface area contributed by atoms with Crippen molar-refractivity contribution in [2.75, 3.05) is 19.6 Å². The molecule has 6 rings (SSSR count). The maximum absolute atomic E-state index is 6.03. The summed E-state index contributed by atoms with van der Waals surface area (Å²) in [4.78, 5) is 7.40. The van der Waals surface area contributed by atoms with E-state index in [0.29, 0.717) is 0 Å². The average molecular weight is 352 g/mol. The van der Waals surface area contributed by atoms with E-state index in [0.717, 1.165) is 46.3 Å². The van der Waals surface area contributed by atoms with Crippen LogP contribution in [0.3, 0.4) is 0 Å². The summed E-state index contributed by atoms with van der Waals surface area (Å²) in [6.07, 6.45) is 7.97. The molecule has 0 radical (unpaired) electrons. The van der Waals surface area contributed by atoms with Gasteiger partial charge < -0.3 is 4.42 Å². The van der Waals surface area contributed by atoms with Crippen molar-refractivity contribution in [1.82, 2.24) is 9.88 Å². The van der Waals surface area contributed by atoms with Crippen LogP contribution in [-0.4, -0.2) is 29.5 Å². The Morgan fingerprint density at radius 1 is 0.963 bits per heavy atom. The number of hydrogen-bond donors (Lipinski definition) is 0. The highest BCUT2D eigenvalue weighted by Crippen LogP contribution is 2.40. The van der Waals surface area contributed by atoms with Crippen molar-refractivity contribution in [2.24, 2.45) is 0 Å². The van der Waals surface area contributed by atoms with Gasteiger partial charge in [-0.25, -0.2) is 0 Å². The fourth-order valence-electron chi connectivity index (χ4n) is 4.80. The minimum atomic E-state index is 0.151. The number of nitrogens with zero attached hydrogens (tertiary/aromatic N) is 2.